The molecule has 14 heavy (non-hydrogen) atoms. The lowest BCUT2D eigenvalue weighted by molar-refractivity contribution is -0.147. The first-order valence-electron chi connectivity index (χ1n) is 3.48. The summed E-state index contributed by atoms with van der Waals surface area (Å²) in [5.41, 5.74) is -0.206. The summed E-state index contributed by atoms with van der Waals surface area (Å²) in [5, 5.41) is 17.6. The number of benzene rings is 1. The van der Waals surface area contributed by atoms with Crippen molar-refractivity contribution in [2.24, 2.45) is 0 Å². The zero-order valence-electron chi connectivity index (χ0n) is 6.67. The van der Waals surface area contributed by atoms with Crippen LogP contribution in [0.3, 0.4) is 0 Å². The Kier molecular flexibility index (Phi) is 4.07. The van der Waals surface area contributed by atoms with Gasteiger partial charge in [0.15, 0.2) is 6.10 Å². The minimum atomic E-state index is -1.81. The molecule has 0 saturated carbocycles. The quantitative estimate of drug-likeness (QED) is 0.568. The molecule has 0 amide bonds. The summed E-state index contributed by atoms with van der Waals surface area (Å²) < 4.78 is 14.6. The maximum absolute atomic E-state index is 13.2. The SMILES string of the molecule is O=C(O)C(O)c1cc(I)c(I)cc1F. The largest absolute Gasteiger partial charge is 0.479 e. The average Bonchev–Trinajstić information content (AvgIpc) is 2.10. The van der Waals surface area contributed by atoms with Gasteiger partial charge in [0.1, 0.15) is 5.82 Å². The van der Waals surface area contributed by atoms with E-state index in [1.807, 2.05) is 45.2 Å². The molecule has 0 aliphatic heterocycles. The Bertz CT molecular complexity index is 381. The van der Waals surface area contributed by atoms with Gasteiger partial charge in [0, 0.05) is 12.7 Å². The monoisotopic (exact) mass is 422 g/mol. The van der Waals surface area contributed by atoms with Gasteiger partial charge < -0.3 is 10.2 Å². The normalized spacial score (nSPS) is 12.6. The van der Waals surface area contributed by atoms with Crippen LogP contribution in [0.15, 0.2) is 12.1 Å². The third-order valence-corrected chi connectivity index (χ3v) is 4.39. The number of halogens is 3. The first-order chi connectivity index (χ1) is 6.43. The molecule has 0 spiro atoms. The van der Waals surface area contributed by atoms with Crippen molar-refractivity contribution < 1.29 is 19.4 Å². The molecule has 0 aliphatic rings. The van der Waals surface area contributed by atoms with E-state index in [2.05, 4.69) is 0 Å². The van der Waals surface area contributed by atoms with E-state index in [-0.39, 0.29) is 5.56 Å². The van der Waals surface area contributed by atoms with E-state index in [1.165, 1.54) is 12.1 Å². The van der Waals surface area contributed by atoms with E-state index in [4.69, 9.17) is 10.2 Å². The second-order valence-corrected chi connectivity index (χ2v) is 4.85. The molecule has 0 bridgehead atoms. The number of aliphatic hydroxyl groups excluding tert-OH is 1. The van der Waals surface area contributed by atoms with Gasteiger partial charge in [0.2, 0.25) is 0 Å². The summed E-state index contributed by atoms with van der Waals surface area (Å²) in [6.45, 7) is 0. The van der Waals surface area contributed by atoms with Gasteiger partial charge in [-0.05, 0) is 57.3 Å². The number of hydrogen-bond acceptors (Lipinski definition) is 2. The molecular formula is C8H5FI2O3. The molecule has 1 atom stereocenters. The number of hydrogen-bond donors (Lipinski definition) is 2. The highest BCUT2D eigenvalue weighted by molar-refractivity contribution is 14.1. The maximum Gasteiger partial charge on any atom is 0.337 e. The molecule has 6 heteroatoms. The zero-order valence-corrected chi connectivity index (χ0v) is 11.0. The summed E-state index contributed by atoms with van der Waals surface area (Å²) in [7, 11) is 0. The van der Waals surface area contributed by atoms with Crippen molar-refractivity contribution in [2.75, 3.05) is 0 Å². The van der Waals surface area contributed by atoms with Crippen LogP contribution < -0.4 is 0 Å². The molecular weight excluding hydrogens is 417 g/mol. The lowest BCUT2D eigenvalue weighted by Gasteiger charge is -2.08. The van der Waals surface area contributed by atoms with Crippen LogP contribution in [0.2, 0.25) is 0 Å². The van der Waals surface area contributed by atoms with Crippen LogP contribution >= 0.6 is 45.2 Å². The molecule has 0 radical (unpaired) electrons. The topological polar surface area (TPSA) is 57.5 Å². The first kappa shape index (κ1) is 12.1. The van der Waals surface area contributed by atoms with E-state index >= 15 is 0 Å². The van der Waals surface area contributed by atoms with Crippen molar-refractivity contribution in [2.45, 2.75) is 6.10 Å². The van der Waals surface area contributed by atoms with Crippen molar-refractivity contribution in [1.82, 2.24) is 0 Å². The maximum atomic E-state index is 13.2. The van der Waals surface area contributed by atoms with Crippen molar-refractivity contribution in [3.63, 3.8) is 0 Å². The molecule has 0 aliphatic carbocycles. The van der Waals surface area contributed by atoms with Gasteiger partial charge in [-0.2, -0.15) is 0 Å². The van der Waals surface area contributed by atoms with Crippen LogP contribution in [0.25, 0.3) is 0 Å². The Labute approximate surface area is 107 Å². The van der Waals surface area contributed by atoms with Crippen molar-refractivity contribution in [3.8, 4) is 0 Å². The Hall–Kier alpha value is 0.0400. The van der Waals surface area contributed by atoms with Crippen molar-refractivity contribution >= 4 is 51.2 Å². The third-order valence-electron chi connectivity index (χ3n) is 1.57. The molecule has 1 aromatic rings. The molecule has 2 N–H and O–H groups in total. The lowest BCUT2D eigenvalue weighted by Crippen LogP contribution is -2.12. The van der Waals surface area contributed by atoms with E-state index in [0.717, 1.165) is 0 Å². The highest BCUT2D eigenvalue weighted by Crippen LogP contribution is 2.24. The van der Waals surface area contributed by atoms with E-state index < -0.39 is 17.9 Å². The Morgan fingerprint density at radius 1 is 1.36 bits per heavy atom. The van der Waals surface area contributed by atoms with Crippen molar-refractivity contribution in [3.05, 3.63) is 30.7 Å². The minimum Gasteiger partial charge on any atom is -0.479 e. The van der Waals surface area contributed by atoms with Gasteiger partial charge in [-0.15, -0.1) is 0 Å². The predicted molar refractivity (Wildman–Crippen MR) is 64.4 cm³/mol. The van der Waals surface area contributed by atoms with Gasteiger partial charge >= 0.3 is 5.97 Å². The first-order valence-corrected chi connectivity index (χ1v) is 5.64. The number of carboxylic acid groups (broad SMARTS) is 1. The number of carbonyl (C=O) groups is 1. The highest BCUT2D eigenvalue weighted by atomic mass is 127. The molecule has 1 aromatic carbocycles. The summed E-state index contributed by atoms with van der Waals surface area (Å²) >= 11 is 3.88. The van der Waals surface area contributed by atoms with Gasteiger partial charge in [0.25, 0.3) is 0 Å². The third kappa shape index (κ3) is 2.54. The number of aliphatic carboxylic acids is 1. The summed E-state index contributed by atoms with van der Waals surface area (Å²) in [4.78, 5) is 10.4. The Morgan fingerprint density at radius 3 is 2.36 bits per heavy atom. The average molecular weight is 422 g/mol. The van der Waals surface area contributed by atoms with Crippen LogP contribution in [0.1, 0.15) is 11.7 Å². The van der Waals surface area contributed by atoms with Gasteiger partial charge in [-0.3, -0.25) is 0 Å². The number of rotatable bonds is 2. The molecule has 0 aromatic heterocycles. The van der Waals surface area contributed by atoms with Crippen LogP contribution in [0.4, 0.5) is 4.39 Å². The summed E-state index contributed by atoms with van der Waals surface area (Å²) in [6, 6.07) is 2.53. The van der Waals surface area contributed by atoms with Gasteiger partial charge in [0.05, 0.1) is 0 Å². The van der Waals surface area contributed by atoms with E-state index in [0.29, 0.717) is 7.14 Å². The fourth-order valence-electron chi connectivity index (χ4n) is 0.881. The van der Waals surface area contributed by atoms with E-state index in [1.54, 1.807) is 0 Å². The fourth-order valence-corrected chi connectivity index (χ4v) is 1.80. The standard InChI is InChI=1S/C8H5FI2O3/c9-4-2-6(11)5(10)1-3(4)7(12)8(13)14/h1-2,7,12H,(H,13,14). The molecule has 76 valence electrons. The zero-order chi connectivity index (χ0) is 10.9. The van der Waals surface area contributed by atoms with Crippen molar-refractivity contribution in [1.29, 1.82) is 0 Å². The second-order valence-electron chi connectivity index (χ2n) is 2.53. The lowest BCUT2D eigenvalue weighted by atomic mass is 10.1. The fraction of sp³-hybridized carbons (Fsp3) is 0.125. The molecule has 0 heterocycles. The number of aliphatic hydroxyl groups is 1. The highest BCUT2D eigenvalue weighted by Gasteiger charge is 2.21. The van der Waals surface area contributed by atoms with Crippen LogP contribution in [0, 0.1) is 13.0 Å². The molecule has 3 nitrogen and oxygen atoms in total. The Balaban J connectivity index is 3.22. The minimum absolute atomic E-state index is 0.206. The summed E-state index contributed by atoms with van der Waals surface area (Å²) in [6.07, 6.45) is -1.81. The molecule has 0 fully saturated rings. The van der Waals surface area contributed by atoms with Gasteiger partial charge in [-0.25, -0.2) is 9.18 Å². The molecule has 1 unspecified atom stereocenters. The smallest absolute Gasteiger partial charge is 0.337 e. The number of carboxylic acids is 1. The second kappa shape index (κ2) is 4.71. The molecule has 1 rings (SSSR count). The summed E-state index contributed by atoms with van der Waals surface area (Å²) in [5.74, 6) is -2.16. The van der Waals surface area contributed by atoms with E-state index in [9.17, 15) is 9.18 Å². The van der Waals surface area contributed by atoms with Crippen LogP contribution in [0.5, 0.6) is 0 Å². The Morgan fingerprint density at radius 2 is 1.86 bits per heavy atom. The molecule has 0 saturated heterocycles. The van der Waals surface area contributed by atoms with Crippen LogP contribution in [-0.2, 0) is 4.79 Å². The van der Waals surface area contributed by atoms with Gasteiger partial charge in [-0.1, -0.05) is 0 Å². The predicted octanol–water partition coefficient (Wildman–Crippen LogP) is 2.15. The van der Waals surface area contributed by atoms with Crippen LogP contribution in [-0.4, -0.2) is 16.2 Å².